The fraction of sp³-hybridized carbons (Fsp3) is 0.158. The van der Waals surface area contributed by atoms with Crippen LogP contribution in [0.25, 0.3) is 6.08 Å². The van der Waals surface area contributed by atoms with E-state index in [9.17, 15) is 14.7 Å². The van der Waals surface area contributed by atoms with Gasteiger partial charge in [-0.25, -0.2) is 4.79 Å². The van der Waals surface area contributed by atoms with Gasteiger partial charge in [0.25, 0.3) is 0 Å². The third-order valence-electron chi connectivity index (χ3n) is 3.43. The molecule has 0 amide bonds. The van der Waals surface area contributed by atoms with Crippen molar-refractivity contribution in [3.05, 3.63) is 59.7 Å². The molecule has 2 N–H and O–H groups in total. The molecule has 2 aromatic carbocycles. The molecule has 130 valence electrons. The van der Waals surface area contributed by atoms with E-state index in [4.69, 9.17) is 14.6 Å². The maximum Gasteiger partial charge on any atom is 0.344 e. The first kappa shape index (κ1) is 18.1. The Labute approximate surface area is 144 Å². The average Bonchev–Trinajstić information content (AvgIpc) is 2.60. The Morgan fingerprint density at radius 3 is 2.36 bits per heavy atom. The molecule has 0 saturated heterocycles. The smallest absolute Gasteiger partial charge is 0.344 e. The minimum atomic E-state index is -1.06. The molecule has 0 radical (unpaired) electrons. The van der Waals surface area contributed by atoms with Crippen molar-refractivity contribution in [1.82, 2.24) is 0 Å². The predicted octanol–water partition coefficient (Wildman–Crippen LogP) is 3.15. The van der Waals surface area contributed by atoms with Crippen molar-refractivity contribution in [2.45, 2.75) is 13.0 Å². The molecular formula is C19H18O6. The lowest BCUT2D eigenvalue weighted by Gasteiger charge is -2.10. The van der Waals surface area contributed by atoms with Crippen molar-refractivity contribution >= 4 is 17.8 Å². The number of carbonyl (C=O) groups is 2. The number of aromatic hydroxyl groups is 1. The maximum atomic E-state index is 12.2. The summed E-state index contributed by atoms with van der Waals surface area (Å²) in [5, 5.41) is 18.5. The van der Waals surface area contributed by atoms with E-state index in [1.54, 1.807) is 42.5 Å². The summed E-state index contributed by atoms with van der Waals surface area (Å²) in [6.07, 6.45) is 2.00. The van der Waals surface area contributed by atoms with Crippen molar-refractivity contribution < 1.29 is 29.3 Å². The minimum Gasteiger partial charge on any atom is -0.504 e. The second kappa shape index (κ2) is 8.01. The molecular weight excluding hydrogens is 324 g/mol. The Morgan fingerprint density at radius 1 is 1.12 bits per heavy atom. The van der Waals surface area contributed by atoms with E-state index in [1.165, 1.54) is 26.2 Å². The molecule has 0 aliphatic heterocycles. The van der Waals surface area contributed by atoms with Crippen LogP contribution in [0.1, 0.15) is 22.8 Å². The van der Waals surface area contributed by atoms with Gasteiger partial charge in [-0.3, -0.25) is 4.79 Å². The standard InChI is InChI=1S/C19H18O6/c1-12(19(22)23)25-15-7-5-14(6-8-15)16(20)9-3-13-4-10-18(24-2)17(21)11-13/h3-12,21H,1-2H3,(H,22,23)/b9-3+/t12-/m0/s1. The normalized spacial score (nSPS) is 11.9. The van der Waals surface area contributed by atoms with Crippen LogP contribution in [0.5, 0.6) is 17.2 Å². The molecule has 0 bridgehead atoms. The summed E-state index contributed by atoms with van der Waals surface area (Å²) < 4.78 is 10.2. The second-order valence-electron chi connectivity index (χ2n) is 5.25. The molecule has 0 unspecified atom stereocenters. The van der Waals surface area contributed by atoms with Crippen LogP contribution >= 0.6 is 0 Å². The SMILES string of the molecule is COc1ccc(/C=C/C(=O)c2ccc(O[C@@H](C)C(=O)O)cc2)cc1O. The molecule has 1 atom stereocenters. The summed E-state index contributed by atoms with van der Waals surface area (Å²) in [6, 6.07) is 11.0. The Hall–Kier alpha value is -3.28. The number of carbonyl (C=O) groups excluding carboxylic acids is 1. The zero-order chi connectivity index (χ0) is 18.4. The number of aliphatic carboxylic acids is 1. The zero-order valence-electron chi connectivity index (χ0n) is 13.8. The molecule has 0 aromatic heterocycles. The van der Waals surface area contributed by atoms with Crippen molar-refractivity contribution in [1.29, 1.82) is 0 Å². The molecule has 0 spiro atoms. The van der Waals surface area contributed by atoms with E-state index >= 15 is 0 Å². The van der Waals surface area contributed by atoms with Crippen LogP contribution in [0.2, 0.25) is 0 Å². The number of rotatable bonds is 7. The van der Waals surface area contributed by atoms with Crippen molar-refractivity contribution in [3.63, 3.8) is 0 Å². The van der Waals surface area contributed by atoms with Crippen LogP contribution < -0.4 is 9.47 Å². The number of ketones is 1. The third kappa shape index (κ3) is 4.84. The quantitative estimate of drug-likeness (QED) is 0.593. The fourth-order valence-corrected chi connectivity index (χ4v) is 2.03. The monoisotopic (exact) mass is 342 g/mol. The number of phenols is 1. The third-order valence-corrected chi connectivity index (χ3v) is 3.43. The highest BCUT2D eigenvalue weighted by atomic mass is 16.5. The summed E-state index contributed by atoms with van der Waals surface area (Å²) in [7, 11) is 1.46. The van der Waals surface area contributed by atoms with Gasteiger partial charge < -0.3 is 19.7 Å². The lowest BCUT2D eigenvalue weighted by molar-refractivity contribution is -0.144. The molecule has 2 rings (SSSR count). The van der Waals surface area contributed by atoms with Gasteiger partial charge in [-0.2, -0.15) is 0 Å². The highest BCUT2D eigenvalue weighted by molar-refractivity contribution is 6.06. The number of phenolic OH excluding ortho intramolecular Hbond substituents is 1. The molecule has 2 aromatic rings. The first-order valence-electron chi connectivity index (χ1n) is 7.49. The Kier molecular flexibility index (Phi) is 5.79. The highest BCUT2D eigenvalue weighted by Gasteiger charge is 2.12. The number of allylic oxidation sites excluding steroid dienone is 1. The Morgan fingerprint density at radius 2 is 1.80 bits per heavy atom. The molecule has 0 fully saturated rings. The number of hydrogen-bond acceptors (Lipinski definition) is 5. The van der Waals surface area contributed by atoms with E-state index in [-0.39, 0.29) is 11.5 Å². The summed E-state index contributed by atoms with van der Waals surface area (Å²) in [6.45, 7) is 1.43. The first-order chi connectivity index (χ1) is 11.9. The minimum absolute atomic E-state index is 0.00819. The van der Waals surface area contributed by atoms with Gasteiger partial charge in [-0.05, 0) is 55.0 Å². The zero-order valence-corrected chi connectivity index (χ0v) is 13.8. The lowest BCUT2D eigenvalue weighted by atomic mass is 10.1. The number of hydrogen-bond donors (Lipinski definition) is 2. The molecule has 6 heteroatoms. The Balaban J connectivity index is 2.05. The van der Waals surface area contributed by atoms with Crippen molar-refractivity contribution in [2.75, 3.05) is 7.11 Å². The van der Waals surface area contributed by atoms with Crippen LogP contribution in [0.15, 0.2) is 48.5 Å². The number of carboxylic acid groups (broad SMARTS) is 1. The molecule has 0 aliphatic carbocycles. The van der Waals surface area contributed by atoms with Gasteiger partial charge >= 0.3 is 5.97 Å². The molecule has 0 saturated carbocycles. The van der Waals surface area contributed by atoms with Crippen molar-refractivity contribution in [3.8, 4) is 17.2 Å². The van der Waals surface area contributed by atoms with Crippen LogP contribution in [-0.4, -0.2) is 35.2 Å². The summed E-state index contributed by atoms with van der Waals surface area (Å²) in [5.41, 5.74) is 1.09. The molecule has 25 heavy (non-hydrogen) atoms. The summed E-state index contributed by atoms with van der Waals surface area (Å²) in [4.78, 5) is 22.9. The highest BCUT2D eigenvalue weighted by Crippen LogP contribution is 2.26. The average molecular weight is 342 g/mol. The molecule has 6 nitrogen and oxygen atoms in total. The second-order valence-corrected chi connectivity index (χ2v) is 5.25. The van der Waals surface area contributed by atoms with Gasteiger partial charge in [0.05, 0.1) is 7.11 Å². The van der Waals surface area contributed by atoms with Gasteiger partial charge in [-0.1, -0.05) is 12.1 Å². The van der Waals surface area contributed by atoms with Gasteiger partial charge in [0.1, 0.15) is 5.75 Å². The molecule has 0 aliphatic rings. The number of methoxy groups -OCH3 is 1. The van der Waals surface area contributed by atoms with Crippen LogP contribution in [0.4, 0.5) is 0 Å². The predicted molar refractivity (Wildman–Crippen MR) is 92.2 cm³/mol. The largest absolute Gasteiger partial charge is 0.504 e. The Bertz CT molecular complexity index is 792. The maximum absolute atomic E-state index is 12.2. The number of ether oxygens (including phenoxy) is 2. The summed E-state index contributed by atoms with van der Waals surface area (Å²) >= 11 is 0. The van der Waals surface area contributed by atoms with E-state index in [1.807, 2.05) is 0 Å². The van der Waals surface area contributed by atoms with Crippen LogP contribution in [0.3, 0.4) is 0 Å². The first-order valence-corrected chi connectivity index (χ1v) is 7.49. The van der Waals surface area contributed by atoms with E-state index in [2.05, 4.69) is 0 Å². The van der Waals surface area contributed by atoms with E-state index in [0.717, 1.165) is 0 Å². The van der Waals surface area contributed by atoms with E-state index < -0.39 is 12.1 Å². The van der Waals surface area contributed by atoms with Gasteiger partial charge in [0.2, 0.25) is 0 Å². The van der Waals surface area contributed by atoms with Gasteiger partial charge in [0, 0.05) is 5.56 Å². The van der Waals surface area contributed by atoms with E-state index in [0.29, 0.717) is 22.6 Å². The van der Waals surface area contributed by atoms with Crippen LogP contribution in [-0.2, 0) is 4.79 Å². The number of benzene rings is 2. The topological polar surface area (TPSA) is 93.1 Å². The lowest BCUT2D eigenvalue weighted by Crippen LogP contribution is -2.22. The number of carboxylic acids is 1. The molecule has 0 heterocycles. The van der Waals surface area contributed by atoms with Gasteiger partial charge in [-0.15, -0.1) is 0 Å². The summed E-state index contributed by atoms with van der Waals surface area (Å²) in [5.74, 6) is -0.574. The van der Waals surface area contributed by atoms with Crippen molar-refractivity contribution in [2.24, 2.45) is 0 Å². The van der Waals surface area contributed by atoms with Gasteiger partial charge in [0.15, 0.2) is 23.4 Å². The fourth-order valence-electron chi connectivity index (χ4n) is 2.03. The van der Waals surface area contributed by atoms with Crippen LogP contribution in [0, 0.1) is 0 Å².